The third-order valence-corrected chi connectivity index (χ3v) is 4.20. The van der Waals surface area contributed by atoms with Crippen LogP contribution in [0.2, 0.25) is 0 Å². The molecule has 0 spiro atoms. The molecule has 1 aliphatic carbocycles. The van der Waals surface area contributed by atoms with Crippen LogP contribution in [0.25, 0.3) is 11.3 Å². The molecular formula is C15H18N4O2. The SMILES string of the molecule is COc1ccc2c(c1)[C@H](NO)C(C)(C)c1c(N)ncnc1-2. The van der Waals surface area contributed by atoms with Gasteiger partial charge in [0.2, 0.25) is 0 Å². The van der Waals surface area contributed by atoms with Crippen LogP contribution < -0.4 is 16.0 Å². The molecule has 110 valence electrons. The van der Waals surface area contributed by atoms with Gasteiger partial charge in [-0.15, -0.1) is 0 Å². The highest BCUT2D eigenvalue weighted by atomic mass is 16.5. The van der Waals surface area contributed by atoms with Crippen molar-refractivity contribution >= 4 is 5.82 Å². The minimum absolute atomic E-state index is 0.330. The van der Waals surface area contributed by atoms with Crippen LogP contribution in [0.5, 0.6) is 5.75 Å². The topological polar surface area (TPSA) is 93.3 Å². The number of rotatable bonds is 2. The zero-order valence-corrected chi connectivity index (χ0v) is 12.2. The van der Waals surface area contributed by atoms with Gasteiger partial charge in [0.1, 0.15) is 17.9 Å². The van der Waals surface area contributed by atoms with Gasteiger partial charge in [-0.25, -0.2) is 9.97 Å². The number of methoxy groups -OCH3 is 1. The van der Waals surface area contributed by atoms with Gasteiger partial charge in [0.15, 0.2) is 0 Å². The number of aromatic nitrogens is 2. The van der Waals surface area contributed by atoms with Crippen molar-refractivity contribution in [1.82, 2.24) is 15.4 Å². The van der Waals surface area contributed by atoms with Gasteiger partial charge in [-0.3, -0.25) is 0 Å². The number of nitrogens with zero attached hydrogens (tertiary/aromatic N) is 2. The normalized spacial score (nSPS) is 18.8. The van der Waals surface area contributed by atoms with Gasteiger partial charge < -0.3 is 15.7 Å². The summed E-state index contributed by atoms with van der Waals surface area (Å²) < 4.78 is 5.29. The molecule has 21 heavy (non-hydrogen) atoms. The average Bonchev–Trinajstić information content (AvgIpc) is 2.46. The van der Waals surface area contributed by atoms with E-state index in [1.807, 2.05) is 32.0 Å². The van der Waals surface area contributed by atoms with Crippen molar-refractivity contribution in [2.45, 2.75) is 25.3 Å². The van der Waals surface area contributed by atoms with Crippen molar-refractivity contribution in [1.29, 1.82) is 0 Å². The Labute approximate surface area is 122 Å². The van der Waals surface area contributed by atoms with E-state index in [1.165, 1.54) is 6.33 Å². The second kappa shape index (κ2) is 4.68. The lowest BCUT2D eigenvalue weighted by Gasteiger charge is -2.40. The molecule has 0 aliphatic heterocycles. The Balaban J connectivity index is 2.36. The molecule has 6 heteroatoms. The molecule has 0 bridgehead atoms. The second-order valence-electron chi connectivity index (χ2n) is 5.72. The minimum Gasteiger partial charge on any atom is -0.497 e. The summed E-state index contributed by atoms with van der Waals surface area (Å²) in [5, 5.41) is 9.68. The van der Waals surface area contributed by atoms with Crippen LogP contribution in [0.15, 0.2) is 24.5 Å². The molecule has 4 N–H and O–H groups in total. The molecule has 0 saturated carbocycles. The summed E-state index contributed by atoms with van der Waals surface area (Å²) in [5.41, 5.74) is 11.5. The Morgan fingerprint density at radius 1 is 1.33 bits per heavy atom. The zero-order valence-electron chi connectivity index (χ0n) is 12.2. The molecule has 1 heterocycles. The number of hydrogen-bond acceptors (Lipinski definition) is 6. The highest BCUT2D eigenvalue weighted by molar-refractivity contribution is 5.77. The number of nitrogens with one attached hydrogen (secondary N) is 1. The lowest BCUT2D eigenvalue weighted by atomic mass is 9.68. The number of anilines is 1. The molecule has 6 nitrogen and oxygen atoms in total. The van der Waals surface area contributed by atoms with Gasteiger partial charge in [0, 0.05) is 16.5 Å². The molecule has 1 aliphatic rings. The lowest BCUT2D eigenvalue weighted by Crippen LogP contribution is -2.40. The van der Waals surface area contributed by atoms with Gasteiger partial charge >= 0.3 is 0 Å². The van der Waals surface area contributed by atoms with E-state index >= 15 is 0 Å². The number of hydroxylamine groups is 1. The average molecular weight is 286 g/mol. The highest BCUT2D eigenvalue weighted by Crippen LogP contribution is 2.50. The maximum Gasteiger partial charge on any atom is 0.131 e. The van der Waals surface area contributed by atoms with Crippen molar-refractivity contribution in [3.8, 4) is 17.0 Å². The predicted molar refractivity (Wildman–Crippen MR) is 79.1 cm³/mol. The van der Waals surface area contributed by atoms with Crippen molar-refractivity contribution in [3.63, 3.8) is 0 Å². The molecule has 0 radical (unpaired) electrons. The maximum atomic E-state index is 9.68. The van der Waals surface area contributed by atoms with Gasteiger partial charge in [0.05, 0.1) is 18.8 Å². The number of benzene rings is 1. The van der Waals surface area contributed by atoms with E-state index in [2.05, 4.69) is 15.4 Å². The van der Waals surface area contributed by atoms with Gasteiger partial charge in [-0.2, -0.15) is 5.48 Å². The van der Waals surface area contributed by atoms with E-state index in [0.717, 1.165) is 28.1 Å². The van der Waals surface area contributed by atoms with E-state index in [9.17, 15) is 5.21 Å². The Kier molecular flexibility index (Phi) is 3.07. The third kappa shape index (κ3) is 1.87. The fourth-order valence-corrected chi connectivity index (χ4v) is 3.12. The summed E-state index contributed by atoms with van der Waals surface area (Å²) >= 11 is 0. The smallest absolute Gasteiger partial charge is 0.131 e. The summed E-state index contributed by atoms with van der Waals surface area (Å²) in [5.74, 6) is 1.17. The molecule has 0 amide bonds. The van der Waals surface area contributed by atoms with Gasteiger partial charge in [0.25, 0.3) is 0 Å². The molecule has 1 aromatic carbocycles. The lowest BCUT2D eigenvalue weighted by molar-refractivity contribution is 0.0913. The highest BCUT2D eigenvalue weighted by Gasteiger charge is 2.42. The Morgan fingerprint density at radius 2 is 2.10 bits per heavy atom. The Bertz CT molecular complexity index is 700. The first-order valence-electron chi connectivity index (χ1n) is 6.69. The maximum absolute atomic E-state index is 9.68. The van der Waals surface area contributed by atoms with Crippen molar-refractivity contribution in [2.24, 2.45) is 0 Å². The van der Waals surface area contributed by atoms with Crippen LogP contribution in [-0.4, -0.2) is 22.3 Å². The first kappa shape index (κ1) is 13.8. The van der Waals surface area contributed by atoms with Gasteiger partial charge in [-0.1, -0.05) is 13.8 Å². The molecular weight excluding hydrogens is 268 g/mol. The zero-order chi connectivity index (χ0) is 15.2. The summed E-state index contributed by atoms with van der Waals surface area (Å²) in [6.45, 7) is 4.00. The predicted octanol–water partition coefficient (Wildman–Crippen LogP) is 2.05. The molecule has 1 aromatic heterocycles. The van der Waals surface area contributed by atoms with E-state index < -0.39 is 5.41 Å². The van der Waals surface area contributed by atoms with Crippen LogP contribution in [0, 0.1) is 0 Å². The second-order valence-corrected chi connectivity index (χ2v) is 5.72. The molecule has 3 rings (SSSR count). The summed E-state index contributed by atoms with van der Waals surface area (Å²) in [6, 6.07) is 5.38. The van der Waals surface area contributed by atoms with Crippen LogP contribution in [0.1, 0.15) is 31.0 Å². The molecule has 0 fully saturated rings. The Morgan fingerprint density at radius 3 is 2.76 bits per heavy atom. The minimum atomic E-state index is -0.464. The van der Waals surface area contributed by atoms with E-state index in [4.69, 9.17) is 10.5 Å². The van der Waals surface area contributed by atoms with Gasteiger partial charge in [-0.05, 0) is 23.8 Å². The van der Waals surface area contributed by atoms with Crippen LogP contribution in [-0.2, 0) is 5.41 Å². The Hall–Kier alpha value is -2.18. The van der Waals surface area contributed by atoms with Crippen molar-refractivity contribution in [2.75, 3.05) is 12.8 Å². The first-order chi connectivity index (χ1) is 10.0. The van der Waals surface area contributed by atoms with Crippen LogP contribution >= 0.6 is 0 Å². The van der Waals surface area contributed by atoms with Crippen molar-refractivity contribution < 1.29 is 9.94 Å². The molecule has 2 aromatic rings. The first-order valence-corrected chi connectivity index (χ1v) is 6.69. The third-order valence-electron chi connectivity index (χ3n) is 4.20. The van der Waals surface area contributed by atoms with E-state index in [-0.39, 0.29) is 6.04 Å². The van der Waals surface area contributed by atoms with Crippen LogP contribution in [0.4, 0.5) is 5.82 Å². The summed E-state index contributed by atoms with van der Waals surface area (Å²) in [6.07, 6.45) is 1.46. The fourth-order valence-electron chi connectivity index (χ4n) is 3.12. The van der Waals surface area contributed by atoms with Crippen molar-refractivity contribution in [3.05, 3.63) is 35.7 Å². The summed E-state index contributed by atoms with van der Waals surface area (Å²) in [4.78, 5) is 8.50. The monoisotopic (exact) mass is 286 g/mol. The summed E-state index contributed by atoms with van der Waals surface area (Å²) in [7, 11) is 1.62. The number of nitrogens with two attached hydrogens (primary N) is 1. The number of hydrogen-bond donors (Lipinski definition) is 3. The van der Waals surface area contributed by atoms with E-state index in [0.29, 0.717) is 5.82 Å². The number of nitrogen functional groups attached to an aromatic ring is 1. The quantitative estimate of drug-likeness (QED) is 0.732. The number of ether oxygens (including phenoxy) is 1. The standard InChI is InChI=1S/C15H18N4O2/c1-15(2)11-12(17-7-18-14(11)16)9-5-4-8(21-3)6-10(9)13(15)19-20/h4-7,13,19-20H,1-3H3,(H2,16,17,18)/t13-/m0/s1. The molecule has 1 atom stereocenters. The molecule has 0 unspecified atom stereocenters. The fraction of sp³-hybridized carbons (Fsp3) is 0.333. The number of fused-ring (bicyclic) bond motifs is 3. The van der Waals surface area contributed by atoms with Crippen LogP contribution in [0.3, 0.4) is 0 Å². The largest absolute Gasteiger partial charge is 0.497 e. The van der Waals surface area contributed by atoms with E-state index in [1.54, 1.807) is 7.11 Å². The molecule has 0 saturated heterocycles.